The average molecular weight is 304 g/mol. The van der Waals surface area contributed by atoms with E-state index in [0.29, 0.717) is 19.4 Å². The number of aryl methyl sites for hydroxylation is 1. The number of amides is 2. The van der Waals surface area contributed by atoms with Gasteiger partial charge < -0.3 is 15.5 Å². The van der Waals surface area contributed by atoms with E-state index in [1.165, 1.54) is 0 Å². The van der Waals surface area contributed by atoms with Gasteiger partial charge in [-0.2, -0.15) is 0 Å². The molecule has 0 saturated carbocycles. The third-order valence-electron chi connectivity index (χ3n) is 4.30. The zero-order chi connectivity index (χ0) is 16.2. The van der Waals surface area contributed by atoms with Crippen molar-refractivity contribution in [1.82, 2.24) is 14.8 Å². The zero-order valence-electron chi connectivity index (χ0n) is 13.3. The first-order chi connectivity index (χ1) is 10.5. The maximum atomic E-state index is 12.6. The number of likely N-dealkylation sites (N-methyl/N-ethyl adjacent to an activating group) is 1. The minimum Gasteiger partial charge on any atom is -0.347 e. The molecule has 2 heterocycles. The van der Waals surface area contributed by atoms with Gasteiger partial charge in [0.2, 0.25) is 11.8 Å². The van der Waals surface area contributed by atoms with E-state index in [-0.39, 0.29) is 18.4 Å². The third kappa shape index (κ3) is 3.11. The topological polar surface area (TPSA) is 79.5 Å². The summed E-state index contributed by atoms with van der Waals surface area (Å²) in [7, 11) is 3.46. The molecule has 1 aliphatic heterocycles. The van der Waals surface area contributed by atoms with E-state index in [1.54, 1.807) is 30.1 Å². The van der Waals surface area contributed by atoms with Gasteiger partial charge in [-0.05, 0) is 37.8 Å². The van der Waals surface area contributed by atoms with E-state index in [1.807, 2.05) is 18.2 Å². The average Bonchev–Trinajstić information content (AvgIpc) is 2.50. The number of aromatic nitrogens is 1. The van der Waals surface area contributed by atoms with Crippen LogP contribution >= 0.6 is 0 Å². The predicted molar refractivity (Wildman–Crippen MR) is 84.0 cm³/mol. The lowest BCUT2D eigenvalue weighted by Crippen LogP contribution is -2.69. The Labute approximate surface area is 131 Å². The molecule has 0 aromatic carbocycles. The Morgan fingerprint density at radius 1 is 1.41 bits per heavy atom. The fraction of sp³-hybridized carbons (Fsp3) is 0.562. The lowest BCUT2D eigenvalue weighted by molar-refractivity contribution is -0.164. The molecule has 1 saturated heterocycles. The molecule has 2 N–H and O–H groups in total. The highest BCUT2D eigenvalue weighted by molar-refractivity contribution is 5.93. The summed E-state index contributed by atoms with van der Waals surface area (Å²) >= 11 is 0. The van der Waals surface area contributed by atoms with Crippen LogP contribution in [0, 0.1) is 0 Å². The molecule has 1 atom stereocenters. The van der Waals surface area contributed by atoms with Gasteiger partial charge in [0.25, 0.3) is 0 Å². The fourth-order valence-corrected chi connectivity index (χ4v) is 3.08. The molecule has 6 heteroatoms. The lowest BCUT2D eigenvalue weighted by atomic mass is 9.78. The summed E-state index contributed by atoms with van der Waals surface area (Å²) in [6.45, 7) is 0.557. The van der Waals surface area contributed by atoms with Crippen molar-refractivity contribution in [2.24, 2.45) is 5.73 Å². The van der Waals surface area contributed by atoms with Crippen molar-refractivity contribution >= 4 is 11.8 Å². The monoisotopic (exact) mass is 304 g/mol. The van der Waals surface area contributed by atoms with Gasteiger partial charge in [0.15, 0.2) is 0 Å². The van der Waals surface area contributed by atoms with Crippen LogP contribution < -0.4 is 5.73 Å². The molecule has 0 bridgehead atoms. The van der Waals surface area contributed by atoms with Crippen molar-refractivity contribution in [3.8, 4) is 0 Å². The summed E-state index contributed by atoms with van der Waals surface area (Å²) in [5, 5.41) is 0. The Balaban J connectivity index is 2.06. The van der Waals surface area contributed by atoms with Crippen LogP contribution in [0.5, 0.6) is 0 Å². The number of rotatable bonds is 6. The fourth-order valence-electron chi connectivity index (χ4n) is 3.08. The van der Waals surface area contributed by atoms with E-state index < -0.39 is 5.54 Å². The van der Waals surface area contributed by atoms with Crippen LogP contribution in [0.15, 0.2) is 24.4 Å². The summed E-state index contributed by atoms with van der Waals surface area (Å²) < 4.78 is 0. The Kier molecular flexibility index (Phi) is 5.13. The molecule has 1 aliphatic rings. The summed E-state index contributed by atoms with van der Waals surface area (Å²) in [5.41, 5.74) is 5.77. The second-order valence-electron chi connectivity index (χ2n) is 5.91. The van der Waals surface area contributed by atoms with E-state index in [4.69, 9.17) is 5.73 Å². The predicted octanol–water partition coefficient (Wildman–Crippen LogP) is 0.422. The van der Waals surface area contributed by atoms with Crippen LogP contribution in [0.4, 0.5) is 0 Å². The minimum atomic E-state index is -0.714. The summed E-state index contributed by atoms with van der Waals surface area (Å²) in [5.74, 6) is -0.166. The first kappa shape index (κ1) is 16.4. The maximum Gasteiger partial charge on any atom is 0.248 e. The van der Waals surface area contributed by atoms with E-state index >= 15 is 0 Å². The van der Waals surface area contributed by atoms with Gasteiger partial charge >= 0.3 is 0 Å². The number of likely N-dealkylation sites (tertiary alicyclic amines) is 1. The minimum absolute atomic E-state index is 0.0124. The van der Waals surface area contributed by atoms with E-state index in [2.05, 4.69) is 4.98 Å². The third-order valence-corrected chi connectivity index (χ3v) is 4.30. The van der Waals surface area contributed by atoms with Crippen molar-refractivity contribution in [3.63, 3.8) is 0 Å². The molecular weight excluding hydrogens is 280 g/mol. The molecule has 120 valence electrons. The Bertz CT molecular complexity index is 532. The van der Waals surface area contributed by atoms with Crippen LogP contribution in [0.3, 0.4) is 0 Å². The van der Waals surface area contributed by atoms with Gasteiger partial charge in [0.1, 0.15) is 5.54 Å². The van der Waals surface area contributed by atoms with Gasteiger partial charge in [0.05, 0.1) is 6.54 Å². The summed E-state index contributed by atoms with van der Waals surface area (Å²) in [4.78, 5) is 32.1. The van der Waals surface area contributed by atoms with Crippen molar-refractivity contribution < 1.29 is 9.59 Å². The normalized spacial score (nSPS) is 20.4. The van der Waals surface area contributed by atoms with E-state index in [0.717, 1.165) is 18.5 Å². The zero-order valence-corrected chi connectivity index (χ0v) is 13.3. The molecule has 2 rings (SSSR count). The Hall–Kier alpha value is -1.95. The Morgan fingerprint density at radius 2 is 2.18 bits per heavy atom. The molecule has 0 spiro atoms. The molecule has 1 aromatic heterocycles. The Morgan fingerprint density at radius 3 is 2.68 bits per heavy atom. The van der Waals surface area contributed by atoms with Crippen LogP contribution in [0.2, 0.25) is 0 Å². The number of carbonyl (C=O) groups is 2. The highest BCUT2D eigenvalue weighted by atomic mass is 16.2. The molecule has 2 amide bonds. The largest absolute Gasteiger partial charge is 0.347 e. The number of hydrogen-bond acceptors (Lipinski definition) is 4. The van der Waals surface area contributed by atoms with Gasteiger partial charge in [-0.1, -0.05) is 6.07 Å². The van der Waals surface area contributed by atoms with Gasteiger partial charge in [0, 0.05) is 32.5 Å². The maximum absolute atomic E-state index is 12.6. The highest BCUT2D eigenvalue weighted by Gasteiger charge is 2.52. The highest BCUT2D eigenvalue weighted by Crippen LogP contribution is 2.37. The lowest BCUT2D eigenvalue weighted by Gasteiger charge is -2.52. The van der Waals surface area contributed by atoms with Crippen molar-refractivity contribution in [2.45, 2.75) is 31.2 Å². The molecule has 6 nitrogen and oxygen atoms in total. The number of hydrogen-bond donors (Lipinski definition) is 1. The molecule has 22 heavy (non-hydrogen) atoms. The van der Waals surface area contributed by atoms with Gasteiger partial charge in [-0.15, -0.1) is 0 Å². The summed E-state index contributed by atoms with van der Waals surface area (Å²) in [6, 6.07) is 5.81. The molecule has 1 fully saturated rings. The molecular formula is C16H24N4O2. The molecule has 1 unspecified atom stereocenters. The SMILES string of the molecule is CN(C)C(=O)C1(CCCc2ccccn2)CCN1C(=O)CN. The van der Waals surface area contributed by atoms with Crippen LogP contribution in [0.1, 0.15) is 25.0 Å². The molecule has 0 radical (unpaired) electrons. The number of carbonyl (C=O) groups excluding carboxylic acids is 2. The smallest absolute Gasteiger partial charge is 0.248 e. The standard InChI is InChI=1S/C16H24N4O2/c1-19(2)15(22)16(9-11-20(16)14(21)12-17)8-5-7-13-6-3-4-10-18-13/h3-4,6,10H,5,7-9,11-12,17H2,1-2H3. The van der Waals surface area contributed by atoms with Gasteiger partial charge in [-0.3, -0.25) is 14.6 Å². The number of nitrogens with zero attached hydrogens (tertiary/aromatic N) is 3. The van der Waals surface area contributed by atoms with Crippen LogP contribution in [-0.2, 0) is 16.0 Å². The number of nitrogens with two attached hydrogens (primary N) is 1. The first-order valence-electron chi connectivity index (χ1n) is 7.63. The molecule has 1 aromatic rings. The van der Waals surface area contributed by atoms with Crippen molar-refractivity contribution in [1.29, 1.82) is 0 Å². The van der Waals surface area contributed by atoms with Crippen LogP contribution in [0.25, 0.3) is 0 Å². The van der Waals surface area contributed by atoms with Crippen LogP contribution in [-0.4, -0.2) is 59.3 Å². The second-order valence-corrected chi connectivity index (χ2v) is 5.91. The second kappa shape index (κ2) is 6.87. The molecule has 0 aliphatic carbocycles. The quantitative estimate of drug-likeness (QED) is 0.826. The summed E-state index contributed by atoms with van der Waals surface area (Å²) in [6.07, 6.45) is 4.73. The van der Waals surface area contributed by atoms with Crippen molar-refractivity contribution in [2.75, 3.05) is 27.2 Å². The number of pyridine rings is 1. The van der Waals surface area contributed by atoms with E-state index in [9.17, 15) is 9.59 Å². The van der Waals surface area contributed by atoms with Gasteiger partial charge in [-0.25, -0.2) is 0 Å². The van der Waals surface area contributed by atoms with Crippen molar-refractivity contribution in [3.05, 3.63) is 30.1 Å². The first-order valence-corrected chi connectivity index (χ1v) is 7.63.